The van der Waals surface area contributed by atoms with Gasteiger partial charge in [-0.25, -0.2) is 0 Å². The Labute approximate surface area is 139 Å². The predicted molar refractivity (Wildman–Crippen MR) is 90.0 cm³/mol. The molecule has 3 atom stereocenters. The van der Waals surface area contributed by atoms with Crippen LogP contribution in [0.1, 0.15) is 38.7 Å². The summed E-state index contributed by atoms with van der Waals surface area (Å²) in [5.74, 6) is -0.571. The standard InChI is InChI=1S/C19H28O4/c1-4-8-16(20)11-12-17(18-14-22-19(2,3)23-18)21-13-15-9-6-5-7-10-15/h4-7,9-10,16-18,20H,1,8,11-14H2,2-3H3/t16-,17+,18+/m0/s1. The minimum Gasteiger partial charge on any atom is -0.393 e. The molecule has 0 aliphatic carbocycles. The molecule has 1 aromatic carbocycles. The Bertz CT molecular complexity index is 472. The molecule has 1 fully saturated rings. The Morgan fingerprint density at radius 3 is 2.70 bits per heavy atom. The first-order chi connectivity index (χ1) is 11.0. The molecule has 4 heteroatoms. The van der Waals surface area contributed by atoms with Gasteiger partial charge in [-0.1, -0.05) is 36.4 Å². The highest BCUT2D eigenvalue weighted by atomic mass is 16.7. The van der Waals surface area contributed by atoms with Crippen LogP contribution in [0.4, 0.5) is 0 Å². The van der Waals surface area contributed by atoms with E-state index in [1.165, 1.54) is 0 Å². The van der Waals surface area contributed by atoms with E-state index in [1.807, 2.05) is 44.2 Å². The number of hydrogen-bond donors (Lipinski definition) is 1. The normalized spacial score (nSPS) is 22.7. The van der Waals surface area contributed by atoms with Crippen LogP contribution in [-0.4, -0.2) is 35.8 Å². The summed E-state index contributed by atoms with van der Waals surface area (Å²) >= 11 is 0. The molecule has 0 aromatic heterocycles. The van der Waals surface area contributed by atoms with Crippen LogP contribution < -0.4 is 0 Å². The van der Waals surface area contributed by atoms with Crippen molar-refractivity contribution in [3.63, 3.8) is 0 Å². The van der Waals surface area contributed by atoms with Crippen LogP contribution in [0.25, 0.3) is 0 Å². The monoisotopic (exact) mass is 320 g/mol. The molecule has 0 bridgehead atoms. The minimum absolute atomic E-state index is 0.101. The summed E-state index contributed by atoms with van der Waals surface area (Å²) in [5, 5.41) is 9.93. The highest BCUT2D eigenvalue weighted by Gasteiger charge is 2.37. The summed E-state index contributed by atoms with van der Waals surface area (Å²) in [6.07, 6.45) is 3.13. The molecular formula is C19H28O4. The maximum atomic E-state index is 9.93. The quantitative estimate of drug-likeness (QED) is 0.708. The van der Waals surface area contributed by atoms with Crippen molar-refractivity contribution < 1.29 is 19.3 Å². The van der Waals surface area contributed by atoms with Gasteiger partial charge in [0.2, 0.25) is 0 Å². The highest BCUT2D eigenvalue weighted by Crippen LogP contribution is 2.28. The van der Waals surface area contributed by atoms with Crippen LogP contribution in [0.3, 0.4) is 0 Å². The lowest BCUT2D eigenvalue weighted by Crippen LogP contribution is -2.33. The lowest BCUT2D eigenvalue weighted by Gasteiger charge is -2.25. The van der Waals surface area contributed by atoms with Crippen LogP contribution >= 0.6 is 0 Å². The summed E-state index contributed by atoms with van der Waals surface area (Å²) in [6, 6.07) is 10.1. The first-order valence-corrected chi connectivity index (χ1v) is 8.26. The van der Waals surface area contributed by atoms with E-state index in [-0.39, 0.29) is 18.3 Å². The Balaban J connectivity index is 1.92. The number of hydrogen-bond acceptors (Lipinski definition) is 4. The second-order valence-electron chi connectivity index (χ2n) is 6.46. The summed E-state index contributed by atoms with van der Waals surface area (Å²) in [7, 11) is 0. The van der Waals surface area contributed by atoms with Gasteiger partial charge in [0.15, 0.2) is 5.79 Å². The molecule has 1 saturated heterocycles. The van der Waals surface area contributed by atoms with E-state index in [4.69, 9.17) is 14.2 Å². The van der Waals surface area contributed by atoms with E-state index < -0.39 is 5.79 Å². The number of aliphatic hydroxyl groups is 1. The van der Waals surface area contributed by atoms with Gasteiger partial charge in [0.05, 0.1) is 25.4 Å². The molecule has 1 N–H and O–H groups in total. The van der Waals surface area contributed by atoms with Crippen molar-refractivity contribution in [3.8, 4) is 0 Å². The third-order valence-electron chi connectivity index (χ3n) is 3.98. The van der Waals surface area contributed by atoms with Gasteiger partial charge < -0.3 is 19.3 Å². The van der Waals surface area contributed by atoms with Crippen LogP contribution in [-0.2, 0) is 20.8 Å². The van der Waals surface area contributed by atoms with Crippen molar-refractivity contribution >= 4 is 0 Å². The molecule has 4 nitrogen and oxygen atoms in total. The molecule has 1 aliphatic rings. The smallest absolute Gasteiger partial charge is 0.163 e. The van der Waals surface area contributed by atoms with E-state index in [9.17, 15) is 5.11 Å². The minimum atomic E-state index is -0.571. The molecular weight excluding hydrogens is 292 g/mol. The molecule has 23 heavy (non-hydrogen) atoms. The van der Waals surface area contributed by atoms with Crippen LogP contribution in [0.2, 0.25) is 0 Å². The number of aliphatic hydroxyl groups excluding tert-OH is 1. The van der Waals surface area contributed by atoms with Gasteiger partial charge >= 0.3 is 0 Å². The summed E-state index contributed by atoms with van der Waals surface area (Å²) in [6.45, 7) is 8.53. The van der Waals surface area contributed by atoms with Crippen molar-refractivity contribution in [1.82, 2.24) is 0 Å². The van der Waals surface area contributed by atoms with Crippen LogP contribution in [0, 0.1) is 0 Å². The number of rotatable bonds is 9. The molecule has 0 radical (unpaired) electrons. The maximum absolute atomic E-state index is 9.93. The molecule has 0 spiro atoms. The van der Waals surface area contributed by atoms with Crippen LogP contribution in [0.5, 0.6) is 0 Å². The zero-order chi connectivity index (χ0) is 16.7. The Morgan fingerprint density at radius 1 is 1.35 bits per heavy atom. The third-order valence-corrected chi connectivity index (χ3v) is 3.98. The van der Waals surface area contributed by atoms with Gasteiger partial charge in [-0.15, -0.1) is 6.58 Å². The molecule has 1 aliphatic heterocycles. The molecule has 128 valence electrons. The van der Waals surface area contributed by atoms with E-state index in [2.05, 4.69) is 6.58 Å². The Morgan fingerprint density at radius 2 is 2.09 bits per heavy atom. The summed E-state index contributed by atoms with van der Waals surface area (Å²) < 4.78 is 17.7. The average Bonchev–Trinajstić information content (AvgIpc) is 2.88. The second kappa shape index (κ2) is 8.60. The SMILES string of the molecule is C=CC[C@H](O)CC[C@@H](OCc1ccccc1)[C@H]1COC(C)(C)O1. The fraction of sp³-hybridized carbons (Fsp3) is 0.579. The molecule has 1 heterocycles. The highest BCUT2D eigenvalue weighted by molar-refractivity contribution is 5.13. The Hall–Kier alpha value is -1.20. The van der Waals surface area contributed by atoms with Gasteiger partial charge in [-0.05, 0) is 38.7 Å². The van der Waals surface area contributed by atoms with Gasteiger partial charge in [-0.3, -0.25) is 0 Å². The van der Waals surface area contributed by atoms with Crippen molar-refractivity contribution in [2.45, 2.75) is 63.8 Å². The maximum Gasteiger partial charge on any atom is 0.163 e. The van der Waals surface area contributed by atoms with Crippen molar-refractivity contribution in [3.05, 3.63) is 48.6 Å². The third kappa shape index (κ3) is 6.07. The number of ether oxygens (including phenoxy) is 3. The fourth-order valence-electron chi connectivity index (χ4n) is 2.72. The van der Waals surface area contributed by atoms with Crippen LogP contribution in [0.15, 0.2) is 43.0 Å². The summed E-state index contributed by atoms with van der Waals surface area (Å²) in [5.41, 5.74) is 1.13. The molecule has 0 saturated carbocycles. The van der Waals surface area contributed by atoms with Crippen molar-refractivity contribution in [2.75, 3.05) is 6.61 Å². The van der Waals surface area contributed by atoms with Gasteiger partial charge in [0.1, 0.15) is 6.10 Å². The number of benzene rings is 1. The van der Waals surface area contributed by atoms with Crippen molar-refractivity contribution in [2.24, 2.45) is 0 Å². The van der Waals surface area contributed by atoms with E-state index in [0.717, 1.165) is 12.0 Å². The van der Waals surface area contributed by atoms with Gasteiger partial charge in [-0.2, -0.15) is 0 Å². The molecule has 0 amide bonds. The Kier molecular flexibility index (Phi) is 6.78. The van der Waals surface area contributed by atoms with E-state index in [0.29, 0.717) is 26.1 Å². The molecule has 2 rings (SSSR count). The first kappa shape index (κ1) is 18.1. The van der Waals surface area contributed by atoms with Gasteiger partial charge in [0, 0.05) is 0 Å². The fourth-order valence-corrected chi connectivity index (χ4v) is 2.72. The predicted octanol–water partition coefficient (Wildman–Crippen LogP) is 3.44. The molecule has 1 aromatic rings. The lowest BCUT2D eigenvalue weighted by atomic mass is 10.0. The first-order valence-electron chi connectivity index (χ1n) is 8.26. The molecule has 0 unspecified atom stereocenters. The summed E-state index contributed by atoms with van der Waals surface area (Å²) in [4.78, 5) is 0. The second-order valence-corrected chi connectivity index (χ2v) is 6.46. The van der Waals surface area contributed by atoms with E-state index in [1.54, 1.807) is 6.08 Å². The topological polar surface area (TPSA) is 47.9 Å². The van der Waals surface area contributed by atoms with Crippen molar-refractivity contribution in [1.29, 1.82) is 0 Å². The van der Waals surface area contributed by atoms with Gasteiger partial charge in [0.25, 0.3) is 0 Å². The zero-order valence-corrected chi connectivity index (χ0v) is 14.1. The zero-order valence-electron chi connectivity index (χ0n) is 14.1. The average molecular weight is 320 g/mol. The largest absolute Gasteiger partial charge is 0.393 e. The van der Waals surface area contributed by atoms with E-state index >= 15 is 0 Å². The lowest BCUT2D eigenvalue weighted by molar-refractivity contribution is -0.159.